The SMILES string of the molecule is COC1(OC)C=CC(=O)C=C1c1coc2ccccc2c1=O. The molecule has 0 fully saturated rings. The molecule has 0 radical (unpaired) electrons. The van der Waals surface area contributed by atoms with E-state index < -0.39 is 5.79 Å². The fourth-order valence-corrected chi connectivity index (χ4v) is 2.54. The number of rotatable bonds is 3. The van der Waals surface area contributed by atoms with Crippen molar-refractivity contribution in [3.8, 4) is 0 Å². The van der Waals surface area contributed by atoms with Gasteiger partial charge < -0.3 is 13.9 Å². The van der Waals surface area contributed by atoms with Crippen molar-refractivity contribution in [3.05, 3.63) is 64.5 Å². The highest BCUT2D eigenvalue weighted by Gasteiger charge is 2.37. The molecule has 5 nitrogen and oxygen atoms in total. The van der Waals surface area contributed by atoms with Crippen LogP contribution in [0.4, 0.5) is 0 Å². The van der Waals surface area contributed by atoms with Crippen molar-refractivity contribution in [1.82, 2.24) is 0 Å². The number of benzene rings is 1. The predicted molar refractivity (Wildman–Crippen MR) is 81.4 cm³/mol. The quantitative estimate of drug-likeness (QED) is 0.813. The number of allylic oxidation sites excluding steroid dienone is 2. The van der Waals surface area contributed by atoms with Crippen LogP contribution in [-0.2, 0) is 14.3 Å². The number of carbonyl (C=O) groups is 1. The van der Waals surface area contributed by atoms with Crippen molar-refractivity contribution in [1.29, 1.82) is 0 Å². The molecule has 1 aromatic carbocycles. The van der Waals surface area contributed by atoms with Gasteiger partial charge in [0.15, 0.2) is 11.2 Å². The monoisotopic (exact) mass is 298 g/mol. The predicted octanol–water partition coefficient (Wildman–Crippen LogP) is 2.30. The Kier molecular flexibility index (Phi) is 3.52. The van der Waals surface area contributed by atoms with E-state index in [0.29, 0.717) is 16.5 Å². The maximum Gasteiger partial charge on any atom is 0.216 e. The van der Waals surface area contributed by atoms with Crippen molar-refractivity contribution < 1.29 is 18.7 Å². The zero-order valence-corrected chi connectivity index (χ0v) is 12.2. The highest BCUT2D eigenvalue weighted by Crippen LogP contribution is 2.34. The van der Waals surface area contributed by atoms with Gasteiger partial charge in [0.2, 0.25) is 5.79 Å². The Morgan fingerprint density at radius 3 is 2.55 bits per heavy atom. The van der Waals surface area contributed by atoms with Crippen molar-refractivity contribution >= 4 is 22.3 Å². The van der Waals surface area contributed by atoms with Crippen LogP contribution in [0.3, 0.4) is 0 Å². The van der Waals surface area contributed by atoms with E-state index in [1.165, 1.54) is 38.7 Å². The fraction of sp³-hybridized carbons (Fsp3) is 0.176. The molecular formula is C17H14O5. The number of ether oxygens (including phenoxy) is 2. The number of hydrogen-bond donors (Lipinski definition) is 0. The molecular weight excluding hydrogens is 284 g/mol. The highest BCUT2D eigenvalue weighted by atomic mass is 16.7. The van der Waals surface area contributed by atoms with Crippen LogP contribution in [0, 0.1) is 0 Å². The van der Waals surface area contributed by atoms with Gasteiger partial charge in [-0.3, -0.25) is 9.59 Å². The summed E-state index contributed by atoms with van der Waals surface area (Å²) in [5, 5.41) is 0.434. The van der Waals surface area contributed by atoms with Crippen molar-refractivity contribution in [2.45, 2.75) is 5.79 Å². The van der Waals surface area contributed by atoms with E-state index in [4.69, 9.17) is 13.9 Å². The molecule has 0 saturated heterocycles. The largest absolute Gasteiger partial charge is 0.463 e. The van der Waals surface area contributed by atoms with Crippen molar-refractivity contribution in [3.63, 3.8) is 0 Å². The minimum Gasteiger partial charge on any atom is -0.463 e. The summed E-state index contributed by atoms with van der Waals surface area (Å²) < 4.78 is 16.3. The zero-order valence-electron chi connectivity index (χ0n) is 12.2. The van der Waals surface area contributed by atoms with E-state index in [2.05, 4.69) is 0 Å². The lowest BCUT2D eigenvalue weighted by Gasteiger charge is -2.31. The van der Waals surface area contributed by atoms with Gasteiger partial charge in [0, 0.05) is 19.8 Å². The smallest absolute Gasteiger partial charge is 0.216 e. The Morgan fingerprint density at radius 1 is 1.09 bits per heavy atom. The van der Waals surface area contributed by atoms with Crippen LogP contribution >= 0.6 is 0 Å². The molecule has 1 aliphatic rings. The molecule has 0 N–H and O–H groups in total. The Hall–Kier alpha value is -2.50. The summed E-state index contributed by atoms with van der Waals surface area (Å²) in [5.74, 6) is -1.53. The van der Waals surface area contributed by atoms with Gasteiger partial charge in [-0.2, -0.15) is 0 Å². The van der Waals surface area contributed by atoms with E-state index >= 15 is 0 Å². The molecule has 0 aliphatic heterocycles. The first-order chi connectivity index (χ1) is 10.6. The standard InChI is InChI=1S/C17H14O5/c1-20-17(21-2)8-7-11(18)9-14(17)13-10-22-15-6-4-3-5-12(15)16(13)19/h3-10H,1-2H3. The van der Waals surface area contributed by atoms with Gasteiger partial charge in [-0.05, 0) is 30.4 Å². The normalized spacial score (nSPS) is 16.8. The van der Waals surface area contributed by atoms with E-state index in [1.807, 2.05) is 0 Å². The molecule has 3 rings (SSSR count). The molecule has 5 heteroatoms. The molecule has 2 aromatic rings. The summed E-state index contributed by atoms with van der Waals surface area (Å²) >= 11 is 0. The molecule has 112 valence electrons. The number of hydrogen-bond acceptors (Lipinski definition) is 5. The number of carbonyl (C=O) groups excluding carboxylic acids is 1. The summed E-state index contributed by atoms with van der Waals surface area (Å²) in [5.41, 5.74) is 0.800. The zero-order chi connectivity index (χ0) is 15.7. The van der Waals surface area contributed by atoms with Gasteiger partial charge in [0.25, 0.3) is 0 Å². The molecule has 1 aromatic heterocycles. The van der Waals surface area contributed by atoms with Crippen LogP contribution in [0.25, 0.3) is 16.5 Å². The van der Waals surface area contributed by atoms with Crippen molar-refractivity contribution in [2.24, 2.45) is 0 Å². The molecule has 0 atom stereocenters. The van der Waals surface area contributed by atoms with Crippen LogP contribution in [0.1, 0.15) is 5.56 Å². The second-order valence-corrected chi connectivity index (χ2v) is 4.84. The lowest BCUT2D eigenvalue weighted by molar-refractivity contribution is -0.128. The molecule has 1 aliphatic carbocycles. The summed E-state index contributed by atoms with van der Waals surface area (Å²) in [6.45, 7) is 0. The third kappa shape index (κ3) is 2.11. The molecule has 0 spiro atoms. The Balaban J connectivity index is 2.27. The number of ketones is 1. The van der Waals surface area contributed by atoms with Gasteiger partial charge in [-0.25, -0.2) is 0 Å². The molecule has 22 heavy (non-hydrogen) atoms. The van der Waals surface area contributed by atoms with Gasteiger partial charge in [0.05, 0.1) is 10.9 Å². The van der Waals surface area contributed by atoms with Gasteiger partial charge in [0.1, 0.15) is 11.8 Å². The third-order valence-corrected chi connectivity index (χ3v) is 3.71. The first-order valence-corrected chi connectivity index (χ1v) is 6.68. The first-order valence-electron chi connectivity index (χ1n) is 6.68. The van der Waals surface area contributed by atoms with Gasteiger partial charge in [-0.15, -0.1) is 0 Å². The molecule has 1 heterocycles. The minimum absolute atomic E-state index is 0.236. The van der Waals surface area contributed by atoms with E-state index in [1.54, 1.807) is 24.3 Å². The Labute approximate surface area is 126 Å². The van der Waals surface area contributed by atoms with Crippen LogP contribution < -0.4 is 5.43 Å². The number of para-hydroxylation sites is 1. The van der Waals surface area contributed by atoms with Crippen LogP contribution in [0.2, 0.25) is 0 Å². The third-order valence-electron chi connectivity index (χ3n) is 3.71. The lowest BCUT2D eigenvalue weighted by Crippen LogP contribution is -2.36. The maximum absolute atomic E-state index is 12.7. The topological polar surface area (TPSA) is 65.7 Å². The molecule has 0 amide bonds. The van der Waals surface area contributed by atoms with Gasteiger partial charge in [-0.1, -0.05) is 12.1 Å². The number of methoxy groups -OCH3 is 2. The number of fused-ring (bicyclic) bond motifs is 1. The highest BCUT2D eigenvalue weighted by molar-refractivity contribution is 6.07. The molecule has 0 unspecified atom stereocenters. The van der Waals surface area contributed by atoms with Crippen LogP contribution in [-0.4, -0.2) is 25.8 Å². The summed E-state index contributed by atoms with van der Waals surface area (Å²) in [6.07, 6.45) is 5.49. The van der Waals surface area contributed by atoms with Gasteiger partial charge >= 0.3 is 0 Å². The van der Waals surface area contributed by atoms with Crippen LogP contribution in [0.15, 0.2) is 58.0 Å². The first kappa shape index (κ1) is 14.4. The Morgan fingerprint density at radius 2 is 1.82 bits per heavy atom. The maximum atomic E-state index is 12.7. The average molecular weight is 298 g/mol. The fourth-order valence-electron chi connectivity index (χ4n) is 2.54. The summed E-state index contributed by atoms with van der Waals surface area (Å²) in [6, 6.07) is 6.92. The van der Waals surface area contributed by atoms with E-state index in [9.17, 15) is 9.59 Å². The lowest BCUT2D eigenvalue weighted by atomic mass is 9.92. The van der Waals surface area contributed by atoms with Crippen LogP contribution in [0.5, 0.6) is 0 Å². The summed E-state index contributed by atoms with van der Waals surface area (Å²) in [4.78, 5) is 24.4. The molecule has 0 saturated carbocycles. The second-order valence-electron chi connectivity index (χ2n) is 4.84. The van der Waals surface area contributed by atoms with E-state index in [0.717, 1.165) is 0 Å². The summed E-state index contributed by atoms with van der Waals surface area (Å²) in [7, 11) is 2.89. The van der Waals surface area contributed by atoms with E-state index in [-0.39, 0.29) is 16.8 Å². The minimum atomic E-state index is -1.29. The van der Waals surface area contributed by atoms with Crippen molar-refractivity contribution in [2.75, 3.05) is 14.2 Å². The second kappa shape index (κ2) is 5.36. The Bertz CT molecular complexity index is 853. The average Bonchev–Trinajstić information content (AvgIpc) is 2.56. The molecule has 0 bridgehead atoms.